The number of nitrogens with one attached hydrogen (secondary N) is 1. The third-order valence-electron chi connectivity index (χ3n) is 4.37. The predicted octanol–water partition coefficient (Wildman–Crippen LogP) is 3.44. The van der Waals surface area contributed by atoms with Gasteiger partial charge in [0.15, 0.2) is 0 Å². The quantitative estimate of drug-likeness (QED) is 0.809. The second-order valence-electron chi connectivity index (χ2n) is 7.20. The van der Waals surface area contributed by atoms with Crippen LogP contribution in [0, 0.1) is 12.8 Å². The van der Waals surface area contributed by atoms with Crippen molar-refractivity contribution >= 4 is 5.91 Å². The van der Waals surface area contributed by atoms with Gasteiger partial charge in [0.05, 0.1) is 29.2 Å². The molecule has 0 aliphatic carbocycles. The molecule has 1 amide bonds. The molecule has 0 bridgehead atoms. The SMILES string of the molecule is Cc1ccc(-n2ncc(C(=O)NCCC(O)C(C)C)c2C(C)C)cc1. The second kappa shape index (κ2) is 8.30. The minimum Gasteiger partial charge on any atom is -0.393 e. The molecule has 2 N–H and O–H groups in total. The first-order valence-corrected chi connectivity index (χ1v) is 8.92. The van der Waals surface area contributed by atoms with Gasteiger partial charge < -0.3 is 10.4 Å². The molecule has 1 aromatic carbocycles. The van der Waals surface area contributed by atoms with E-state index < -0.39 is 6.10 Å². The van der Waals surface area contributed by atoms with E-state index in [9.17, 15) is 9.90 Å². The Bertz CT molecular complexity index is 702. The van der Waals surface area contributed by atoms with E-state index in [4.69, 9.17) is 0 Å². The van der Waals surface area contributed by atoms with Crippen LogP contribution in [0.15, 0.2) is 30.5 Å². The number of carbonyl (C=O) groups excluding carboxylic acids is 1. The molecule has 0 aliphatic rings. The van der Waals surface area contributed by atoms with Crippen molar-refractivity contribution in [1.82, 2.24) is 15.1 Å². The highest BCUT2D eigenvalue weighted by molar-refractivity contribution is 5.95. The van der Waals surface area contributed by atoms with E-state index in [0.717, 1.165) is 11.4 Å². The zero-order valence-corrected chi connectivity index (χ0v) is 15.8. The highest BCUT2D eigenvalue weighted by Crippen LogP contribution is 2.23. The van der Waals surface area contributed by atoms with Crippen molar-refractivity contribution in [1.29, 1.82) is 0 Å². The van der Waals surface area contributed by atoms with Gasteiger partial charge in [-0.25, -0.2) is 4.68 Å². The Morgan fingerprint density at radius 3 is 2.40 bits per heavy atom. The molecule has 1 aromatic heterocycles. The highest BCUT2D eigenvalue weighted by Gasteiger charge is 2.21. The summed E-state index contributed by atoms with van der Waals surface area (Å²) in [5, 5.41) is 17.2. The van der Waals surface area contributed by atoms with Crippen LogP contribution >= 0.6 is 0 Å². The summed E-state index contributed by atoms with van der Waals surface area (Å²) in [7, 11) is 0. The lowest BCUT2D eigenvalue weighted by Crippen LogP contribution is -2.29. The van der Waals surface area contributed by atoms with Crippen molar-refractivity contribution in [3.05, 3.63) is 47.3 Å². The highest BCUT2D eigenvalue weighted by atomic mass is 16.3. The maximum Gasteiger partial charge on any atom is 0.254 e. The van der Waals surface area contributed by atoms with Gasteiger partial charge >= 0.3 is 0 Å². The Labute approximate surface area is 150 Å². The van der Waals surface area contributed by atoms with Crippen molar-refractivity contribution in [3.8, 4) is 5.69 Å². The molecule has 2 rings (SSSR count). The molecule has 2 aromatic rings. The molecule has 25 heavy (non-hydrogen) atoms. The van der Waals surface area contributed by atoms with Crippen LogP contribution in [-0.4, -0.2) is 33.4 Å². The maximum atomic E-state index is 12.6. The van der Waals surface area contributed by atoms with Crippen LogP contribution in [-0.2, 0) is 0 Å². The Balaban J connectivity index is 2.18. The molecule has 136 valence electrons. The van der Waals surface area contributed by atoms with Crippen molar-refractivity contribution in [3.63, 3.8) is 0 Å². The number of aliphatic hydroxyl groups is 1. The van der Waals surface area contributed by atoms with Crippen LogP contribution in [0.5, 0.6) is 0 Å². The lowest BCUT2D eigenvalue weighted by molar-refractivity contribution is 0.0919. The van der Waals surface area contributed by atoms with Crippen LogP contribution in [0.3, 0.4) is 0 Å². The molecule has 0 saturated carbocycles. The number of benzene rings is 1. The van der Waals surface area contributed by atoms with E-state index in [0.29, 0.717) is 18.5 Å². The van der Waals surface area contributed by atoms with Crippen molar-refractivity contribution in [2.75, 3.05) is 6.54 Å². The number of nitrogens with zero attached hydrogens (tertiary/aromatic N) is 2. The van der Waals surface area contributed by atoms with E-state index in [1.165, 1.54) is 5.56 Å². The third kappa shape index (κ3) is 4.69. The molecular weight excluding hydrogens is 314 g/mol. The van der Waals surface area contributed by atoms with Gasteiger partial charge in [-0.1, -0.05) is 45.4 Å². The summed E-state index contributed by atoms with van der Waals surface area (Å²) in [4.78, 5) is 12.6. The first-order chi connectivity index (χ1) is 11.8. The minimum absolute atomic E-state index is 0.141. The fourth-order valence-corrected chi connectivity index (χ4v) is 2.74. The summed E-state index contributed by atoms with van der Waals surface area (Å²) in [6.07, 6.45) is 1.77. The number of carbonyl (C=O) groups is 1. The number of aromatic nitrogens is 2. The summed E-state index contributed by atoms with van der Waals surface area (Å²) >= 11 is 0. The standard InChI is InChI=1S/C20H29N3O2/c1-13(2)18(24)10-11-21-20(25)17-12-22-23(19(17)14(3)4)16-8-6-15(5)7-9-16/h6-9,12-14,18,24H,10-11H2,1-5H3,(H,21,25). The molecule has 1 atom stereocenters. The predicted molar refractivity (Wildman–Crippen MR) is 100 cm³/mol. The van der Waals surface area contributed by atoms with E-state index in [1.54, 1.807) is 6.20 Å². The fraction of sp³-hybridized carbons (Fsp3) is 0.500. The number of aryl methyl sites for hydroxylation is 1. The summed E-state index contributed by atoms with van der Waals surface area (Å²) < 4.78 is 1.84. The molecule has 1 unspecified atom stereocenters. The fourth-order valence-electron chi connectivity index (χ4n) is 2.74. The van der Waals surface area contributed by atoms with Gasteiger partial charge in [0.25, 0.3) is 5.91 Å². The van der Waals surface area contributed by atoms with Gasteiger partial charge in [0, 0.05) is 6.54 Å². The van der Waals surface area contributed by atoms with Crippen LogP contribution in [0.2, 0.25) is 0 Å². The van der Waals surface area contributed by atoms with Crippen molar-refractivity contribution in [2.24, 2.45) is 5.92 Å². The normalized spacial score (nSPS) is 12.6. The van der Waals surface area contributed by atoms with Crippen LogP contribution < -0.4 is 5.32 Å². The lowest BCUT2D eigenvalue weighted by Gasteiger charge is -2.15. The average molecular weight is 343 g/mol. The van der Waals surface area contributed by atoms with E-state index in [2.05, 4.69) is 24.3 Å². The van der Waals surface area contributed by atoms with Crippen LogP contribution in [0.1, 0.15) is 61.6 Å². The van der Waals surface area contributed by atoms with E-state index >= 15 is 0 Å². The Morgan fingerprint density at radius 1 is 1.20 bits per heavy atom. The van der Waals surface area contributed by atoms with Gasteiger partial charge in [-0.2, -0.15) is 5.10 Å². The van der Waals surface area contributed by atoms with Crippen molar-refractivity contribution in [2.45, 2.75) is 53.1 Å². The topological polar surface area (TPSA) is 67.2 Å². The van der Waals surface area contributed by atoms with Crippen LogP contribution in [0.25, 0.3) is 5.69 Å². The van der Waals surface area contributed by atoms with E-state index in [-0.39, 0.29) is 17.7 Å². The molecule has 5 heteroatoms. The number of rotatable bonds is 7. The summed E-state index contributed by atoms with van der Waals surface area (Å²) in [6, 6.07) is 8.09. The summed E-state index contributed by atoms with van der Waals surface area (Å²) in [5.74, 6) is 0.205. The summed E-state index contributed by atoms with van der Waals surface area (Å²) in [5.41, 5.74) is 3.62. The largest absolute Gasteiger partial charge is 0.393 e. The zero-order chi connectivity index (χ0) is 18.6. The second-order valence-corrected chi connectivity index (χ2v) is 7.20. The monoisotopic (exact) mass is 343 g/mol. The van der Waals surface area contributed by atoms with Gasteiger partial charge in [-0.05, 0) is 37.3 Å². The minimum atomic E-state index is -0.403. The number of hydrogen-bond donors (Lipinski definition) is 2. The number of amides is 1. The molecule has 0 radical (unpaired) electrons. The number of hydrogen-bond acceptors (Lipinski definition) is 3. The van der Waals surface area contributed by atoms with Gasteiger partial charge in [-0.3, -0.25) is 4.79 Å². The Morgan fingerprint density at radius 2 is 1.84 bits per heavy atom. The smallest absolute Gasteiger partial charge is 0.254 e. The average Bonchev–Trinajstić information content (AvgIpc) is 3.00. The van der Waals surface area contributed by atoms with Gasteiger partial charge in [0.1, 0.15) is 0 Å². The van der Waals surface area contributed by atoms with Crippen molar-refractivity contribution < 1.29 is 9.90 Å². The molecule has 5 nitrogen and oxygen atoms in total. The van der Waals surface area contributed by atoms with Gasteiger partial charge in [0.2, 0.25) is 0 Å². The zero-order valence-electron chi connectivity index (χ0n) is 15.8. The molecule has 0 aliphatic heterocycles. The van der Waals surface area contributed by atoms with Crippen LogP contribution in [0.4, 0.5) is 0 Å². The third-order valence-corrected chi connectivity index (χ3v) is 4.37. The van der Waals surface area contributed by atoms with Gasteiger partial charge in [-0.15, -0.1) is 0 Å². The first kappa shape index (κ1) is 19.2. The van der Waals surface area contributed by atoms with E-state index in [1.807, 2.05) is 49.7 Å². The lowest BCUT2D eigenvalue weighted by atomic mass is 10.0. The molecule has 1 heterocycles. The Hall–Kier alpha value is -2.14. The molecule has 0 spiro atoms. The summed E-state index contributed by atoms with van der Waals surface area (Å²) in [6.45, 7) is 10.5. The Kier molecular flexibility index (Phi) is 6.37. The first-order valence-electron chi connectivity index (χ1n) is 8.92. The molecule has 0 fully saturated rings. The maximum absolute atomic E-state index is 12.6. The molecule has 0 saturated heterocycles. The molecular formula is C20H29N3O2. The number of aliphatic hydroxyl groups excluding tert-OH is 1.